The number of ether oxygens (including phenoxy) is 1. The van der Waals surface area contributed by atoms with Crippen LogP contribution in [-0.4, -0.2) is 18.8 Å². The molecule has 0 aliphatic carbocycles. The van der Waals surface area contributed by atoms with Crippen molar-refractivity contribution in [2.24, 2.45) is 0 Å². The Morgan fingerprint density at radius 1 is 1.32 bits per heavy atom. The summed E-state index contributed by atoms with van der Waals surface area (Å²) in [5.74, 6) is 0. The van der Waals surface area contributed by atoms with Crippen LogP contribution in [0, 0.1) is 0 Å². The molecule has 1 aliphatic rings. The highest BCUT2D eigenvalue weighted by atomic mass is 32.1. The van der Waals surface area contributed by atoms with Gasteiger partial charge in [-0.05, 0) is 36.2 Å². The van der Waals surface area contributed by atoms with E-state index in [2.05, 4.69) is 47.3 Å². The summed E-state index contributed by atoms with van der Waals surface area (Å²) < 4.78 is 5.66. The minimum Gasteiger partial charge on any atom is -0.377 e. The van der Waals surface area contributed by atoms with Crippen LogP contribution in [0.1, 0.15) is 29.1 Å². The van der Waals surface area contributed by atoms with Crippen LogP contribution < -0.4 is 5.32 Å². The molecule has 2 aromatic heterocycles. The van der Waals surface area contributed by atoms with Crippen LogP contribution in [0.15, 0.2) is 35.0 Å². The SMILES string of the molecule is CC1OCCC1NC(Cc1cccs1)c1cccs1. The summed E-state index contributed by atoms with van der Waals surface area (Å²) in [4.78, 5) is 2.87. The molecule has 3 atom stereocenters. The Morgan fingerprint density at radius 3 is 2.79 bits per heavy atom. The maximum atomic E-state index is 5.66. The van der Waals surface area contributed by atoms with E-state index in [1.807, 2.05) is 22.7 Å². The topological polar surface area (TPSA) is 21.3 Å². The minimum atomic E-state index is 0.325. The van der Waals surface area contributed by atoms with Crippen LogP contribution in [0.25, 0.3) is 0 Å². The summed E-state index contributed by atoms with van der Waals surface area (Å²) in [6.07, 6.45) is 2.51. The van der Waals surface area contributed by atoms with Gasteiger partial charge in [0.1, 0.15) is 0 Å². The molecule has 3 heterocycles. The molecular formula is C15H19NOS2. The second-order valence-corrected chi connectivity index (χ2v) is 7.00. The quantitative estimate of drug-likeness (QED) is 0.904. The molecule has 3 rings (SSSR count). The fourth-order valence-electron chi connectivity index (χ4n) is 2.57. The summed E-state index contributed by atoms with van der Waals surface area (Å²) in [6.45, 7) is 3.05. The molecule has 1 aliphatic heterocycles. The average molecular weight is 293 g/mol. The van der Waals surface area contributed by atoms with Gasteiger partial charge < -0.3 is 10.1 Å². The van der Waals surface area contributed by atoms with E-state index in [9.17, 15) is 0 Å². The van der Waals surface area contributed by atoms with Crippen LogP contribution in [0.3, 0.4) is 0 Å². The Balaban J connectivity index is 1.72. The van der Waals surface area contributed by atoms with Crippen LogP contribution in [0.2, 0.25) is 0 Å². The van der Waals surface area contributed by atoms with E-state index >= 15 is 0 Å². The van der Waals surface area contributed by atoms with Crippen molar-refractivity contribution < 1.29 is 4.74 Å². The Kier molecular flexibility index (Phi) is 4.33. The van der Waals surface area contributed by atoms with E-state index in [-0.39, 0.29) is 0 Å². The van der Waals surface area contributed by atoms with Gasteiger partial charge >= 0.3 is 0 Å². The van der Waals surface area contributed by atoms with Gasteiger partial charge in [0.15, 0.2) is 0 Å². The Hall–Kier alpha value is -0.680. The van der Waals surface area contributed by atoms with Crippen molar-refractivity contribution >= 4 is 22.7 Å². The minimum absolute atomic E-state index is 0.325. The molecule has 1 N–H and O–H groups in total. The van der Waals surface area contributed by atoms with E-state index in [4.69, 9.17) is 4.74 Å². The standard InChI is InChI=1S/C15H19NOS2/c1-11-13(6-7-17-11)16-14(15-5-3-9-19-15)10-12-4-2-8-18-12/h2-5,8-9,11,13-14,16H,6-7,10H2,1H3. The van der Waals surface area contributed by atoms with Gasteiger partial charge in [0.2, 0.25) is 0 Å². The maximum absolute atomic E-state index is 5.66. The van der Waals surface area contributed by atoms with Crippen molar-refractivity contribution in [3.63, 3.8) is 0 Å². The van der Waals surface area contributed by atoms with Gasteiger partial charge in [0.05, 0.1) is 6.10 Å². The van der Waals surface area contributed by atoms with Crippen LogP contribution in [0.4, 0.5) is 0 Å². The summed E-state index contributed by atoms with van der Waals surface area (Å²) >= 11 is 3.68. The molecule has 0 amide bonds. The normalized spacial score (nSPS) is 24.7. The largest absolute Gasteiger partial charge is 0.377 e. The first-order chi connectivity index (χ1) is 9.33. The number of hydrogen-bond donors (Lipinski definition) is 1. The molecule has 19 heavy (non-hydrogen) atoms. The molecule has 0 bridgehead atoms. The predicted octanol–water partition coefficient (Wildman–Crippen LogP) is 3.86. The number of thiophene rings is 2. The molecule has 0 aromatic carbocycles. The zero-order valence-corrected chi connectivity index (χ0v) is 12.7. The fourth-order valence-corrected chi connectivity index (χ4v) is 4.11. The first-order valence-corrected chi connectivity index (χ1v) is 8.52. The molecule has 4 heteroatoms. The van der Waals surface area contributed by atoms with Crippen molar-refractivity contribution in [2.45, 2.75) is 38.0 Å². The van der Waals surface area contributed by atoms with Crippen molar-refractivity contribution in [1.29, 1.82) is 0 Å². The molecule has 0 radical (unpaired) electrons. The Labute approximate surface area is 122 Å². The van der Waals surface area contributed by atoms with E-state index < -0.39 is 0 Å². The van der Waals surface area contributed by atoms with Gasteiger partial charge in [-0.1, -0.05) is 12.1 Å². The first-order valence-electron chi connectivity index (χ1n) is 6.76. The van der Waals surface area contributed by atoms with E-state index in [1.54, 1.807) is 0 Å². The van der Waals surface area contributed by atoms with Gasteiger partial charge in [-0.3, -0.25) is 0 Å². The summed E-state index contributed by atoms with van der Waals surface area (Å²) in [7, 11) is 0. The number of rotatable bonds is 5. The van der Waals surface area contributed by atoms with Gasteiger partial charge in [0, 0.05) is 34.9 Å². The fraction of sp³-hybridized carbons (Fsp3) is 0.467. The van der Waals surface area contributed by atoms with Crippen LogP contribution in [-0.2, 0) is 11.2 Å². The molecule has 1 fully saturated rings. The predicted molar refractivity (Wildman–Crippen MR) is 82.0 cm³/mol. The van der Waals surface area contributed by atoms with Crippen LogP contribution in [0.5, 0.6) is 0 Å². The molecular weight excluding hydrogens is 274 g/mol. The number of hydrogen-bond acceptors (Lipinski definition) is 4. The summed E-state index contributed by atoms with van der Waals surface area (Å²) in [5.41, 5.74) is 0. The zero-order valence-electron chi connectivity index (χ0n) is 11.0. The first kappa shape index (κ1) is 13.3. The second kappa shape index (κ2) is 6.18. The molecule has 3 unspecified atom stereocenters. The molecule has 102 valence electrons. The molecule has 1 saturated heterocycles. The summed E-state index contributed by atoms with van der Waals surface area (Å²) in [6, 6.07) is 9.61. The highest BCUT2D eigenvalue weighted by molar-refractivity contribution is 7.10. The lowest BCUT2D eigenvalue weighted by Gasteiger charge is -2.23. The van der Waals surface area contributed by atoms with Crippen molar-refractivity contribution in [1.82, 2.24) is 5.32 Å². The lowest BCUT2D eigenvalue weighted by Crippen LogP contribution is -2.38. The Bertz CT molecular complexity index is 480. The third-order valence-corrected chi connectivity index (χ3v) is 5.55. The molecule has 0 spiro atoms. The van der Waals surface area contributed by atoms with Gasteiger partial charge in [-0.15, -0.1) is 22.7 Å². The van der Waals surface area contributed by atoms with Gasteiger partial charge in [0.25, 0.3) is 0 Å². The number of nitrogens with one attached hydrogen (secondary N) is 1. The lowest BCUT2D eigenvalue weighted by molar-refractivity contribution is 0.111. The zero-order chi connectivity index (χ0) is 13.1. The van der Waals surface area contributed by atoms with Crippen LogP contribution >= 0.6 is 22.7 Å². The monoisotopic (exact) mass is 293 g/mol. The van der Waals surface area contributed by atoms with E-state index in [0.29, 0.717) is 18.2 Å². The Morgan fingerprint density at radius 2 is 2.16 bits per heavy atom. The van der Waals surface area contributed by atoms with Crippen molar-refractivity contribution in [3.8, 4) is 0 Å². The van der Waals surface area contributed by atoms with Gasteiger partial charge in [-0.2, -0.15) is 0 Å². The maximum Gasteiger partial charge on any atom is 0.0700 e. The summed E-state index contributed by atoms with van der Waals surface area (Å²) in [5, 5.41) is 8.11. The third kappa shape index (κ3) is 3.26. The highest BCUT2D eigenvalue weighted by Gasteiger charge is 2.27. The van der Waals surface area contributed by atoms with Crippen molar-refractivity contribution in [3.05, 3.63) is 44.8 Å². The lowest BCUT2D eigenvalue weighted by atomic mass is 10.1. The van der Waals surface area contributed by atoms with Gasteiger partial charge in [-0.25, -0.2) is 0 Å². The highest BCUT2D eigenvalue weighted by Crippen LogP contribution is 2.27. The average Bonchev–Trinajstić information content (AvgIpc) is 3.11. The molecule has 2 aromatic rings. The van der Waals surface area contributed by atoms with Crippen molar-refractivity contribution in [2.75, 3.05) is 6.61 Å². The van der Waals surface area contributed by atoms with E-state index in [0.717, 1.165) is 19.4 Å². The molecule has 0 saturated carbocycles. The van der Waals surface area contributed by atoms with E-state index in [1.165, 1.54) is 9.75 Å². The molecule has 2 nitrogen and oxygen atoms in total. The smallest absolute Gasteiger partial charge is 0.0700 e. The second-order valence-electron chi connectivity index (χ2n) is 4.99. The third-order valence-electron chi connectivity index (χ3n) is 3.66.